The third-order valence-electron chi connectivity index (χ3n) is 3.43. The maximum Gasteiger partial charge on any atom is 0.245 e. The predicted octanol–water partition coefficient (Wildman–Crippen LogP) is 1.73. The molecule has 0 saturated carbocycles. The summed E-state index contributed by atoms with van der Waals surface area (Å²) in [5.41, 5.74) is 0.663. The maximum absolute atomic E-state index is 12.6. The first-order chi connectivity index (χ1) is 10.8. The van der Waals surface area contributed by atoms with Gasteiger partial charge in [-0.3, -0.25) is 4.79 Å². The fraction of sp³-hybridized carbons (Fsp3) is 0.400. The highest BCUT2D eigenvalue weighted by atomic mass is 32.2. The van der Waals surface area contributed by atoms with E-state index in [1.807, 2.05) is 6.07 Å². The number of carbonyl (C=O) groups excluding carboxylic acids is 1. The second-order valence-electron chi connectivity index (χ2n) is 5.10. The van der Waals surface area contributed by atoms with Crippen molar-refractivity contribution in [1.29, 1.82) is 0 Å². The Bertz CT molecular complexity index is 771. The number of amides is 1. The highest BCUT2D eigenvalue weighted by Gasteiger charge is 2.33. The van der Waals surface area contributed by atoms with Gasteiger partial charge in [-0.05, 0) is 32.9 Å². The summed E-state index contributed by atoms with van der Waals surface area (Å²) in [6.07, 6.45) is 0. The van der Waals surface area contributed by atoms with Gasteiger partial charge in [0.15, 0.2) is 15.7 Å². The molecule has 2 aromatic rings. The lowest BCUT2D eigenvalue weighted by Gasteiger charge is -2.24. The highest BCUT2D eigenvalue weighted by molar-refractivity contribution is 7.92. The van der Waals surface area contributed by atoms with Gasteiger partial charge in [0.2, 0.25) is 11.8 Å². The van der Waals surface area contributed by atoms with Crippen LogP contribution in [-0.4, -0.2) is 36.3 Å². The Morgan fingerprint density at radius 1 is 1.30 bits per heavy atom. The second-order valence-corrected chi connectivity index (χ2v) is 7.42. The van der Waals surface area contributed by atoms with E-state index < -0.39 is 26.7 Å². The van der Waals surface area contributed by atoms with E-state index in [2.05, 4.69) is 10.1 Å². The minimum absolute atomic E-state index is 0.00934. The number of hydrogen-bond donors (Lipinski definition) is 0. The molecule has 0 saturated heterocycles. The summed E-state index contributed by atoms with van der Waals surface area (Å²) in [5.74, 6) is -0.582. The molecule has 0 radical (unpaired) electrons. The number of anilines is 1. The minimum Gasteiger partial charge on any atom is -0.338 e. The molecule has 0 aliphatic carbocycles. The zero-order valence-corrected chi connectivity index (χ0v) is 14.1. The fourth-order valence-electron chi connectivity index (χ4n) is 2.14. The molecule has 1 amide bonds. The number of carbonyl (C=O) groups is 1. The van der Waals surface area contributed by atoms with Crippen molar-refractivity contribution in [3.8, 4) is 0 Å². The molecule has 0 spiro atoms. The molecule has 0 aliphatic rings. The van der Waals surface area contributed by atoms with Gasteiger partial charge in [-0.25, -0.2) is 8.42 Å². The van der Waals surface area contributed by atoms with E-state index in [-0.39, 0.29) is 5.89 Å². The SMILES string of the molecule is CCN(C(=O)C(C)S(=O)(=O)Cc1nc(C)no1)c1ccccc1. The molecule has 8 heteroatoms. The van der Waals surface area contributed by atoms with E-state index in [0.29, 0.717) is 18.1 Å². The van der Waals surface area contributed by atoms with Gasteiger partial charge in [0.1, 0.15) is 11.0 Å². The topological polar surface area (TPSA) is 93.4 Å². The number of aryl methyl sites for hydroxylation is 1. The van der Waals surface area contributed by atoms with Crippen molar-refractivity contribution >= 4 is 21.4 Å². The first kappa shape index (κ1) is 17.1. The van der Waals surface area contributed by atoms with Gasteiger partial charge >= 0.3 is 0 Å². The van der Waals surface area contributed by atoms with Gasteiger partial charge in [-0.1, -0.05) is 23.4 Å². The van der Waals surface area contributed by atoms with Gasteiger partial charge in [0.05, 0.1) is 0 Å². The van der Waals surface area contributed by atoms with Gasteiger partial charge in [-0.15, -0.1) is 0 Å². The molecule has 0 fully saturated rings. The molecule has 1 atom stereocenters. The van der Waals surface area contributed by atoms with Crippen molar-refractivity contribution in [3.05, 3.63) is 42.0 Å². The van der Waals surface area contributed by atoms with Crippen molar-refractivity contribution in [2.75, 3.05) is 11.4 Å². The number of aromatic nitrogens is 2. The Balaban J connectivity index is 2.20. The summed E-state index contributed by atoms with van der Waals surface area (Å²) < 4.78 is 29.7. The lowest BCUT2D eigenvalue weighted by molar-refractivity contribution is -0.117. The monoisotopic (exact) mass is 337 g/mol. The first-order valence-corrected chi connectivity index (χ1v) is 8.94. The Morgan fingerprint density at radius 2 is 1.96 bits per heavy atom. The molecule has 0 bridgehead atoms. The van der Waals surface area contributed by atoms with Crippen LogP contribution in [0.4, 0.5) is 5.69 Å². The van der Waals surface area contributed by atoms with Crippen LogP contribution in [0.2, 0.25) is 0 Å². The van der Waals surface area contributed by atoms with Crippen molar-refractivity contribution in [1.82, 2.24) is 10.1 Å². The van der Waals surface area contributed by atoms with Crippen molar-refractivity contribution < 1.29 is 17.7 Å². The molecule has 1 heterocycles. The Kier molecular flexibility index (Phi) is 5.15. The lowest BCUT2D eigenvalue weighted by atomic mass is 10.2. The molecule has 2 rings (SSSR count). The van der Waals surface area contributed by atoms with Gasteiger partial charge in [0.25, 0.3) is 0 Å². The number of rotatable bonds is 6. The molecular weight excluding hydrogens is 318 g/mol. The zero-order chi connectivity index (χ0) is 17.0. The van der Waals surface area contributed by atoms with Crippen molar-refractivity contribution in [2.45, 2.75) is 31.8 Å². The quantitative estimate of drug-likeness (QED) is 0.797. The van der Waals surface area contributed by atoms with Crippen LogP contribution >= 0.6 is 0 Å². The van der Waals surface area contributed by atoms with Crippen molar-refractivity contribution in [3.63, 3.8) is 0 Å². The summed E-state index contributed by atoms with van der Waals surface area (Å²) in [7, 11) is -3.75. The van der Waals surface area contributed by atoms with Gasteiger partial charge < -0.3 is 9.42 Å². The number of nitrogens with zero attached hydrogens (tertiary/aromatic N) is 3. The molecule has 0 aliphatic heterocycles. The van der Waals surface area contributed by atoms with Crippen LogP contribution in [0, 0.1) is 6.92 Å². The molecule has 1 aromatic carbocycles. The summed E-state index contributed by atoms with van der Waals surface area (Å²) in [6.45, 7) is 5.16. The predicted molar refractivity (Wildman–Crippen MR) is 85.6 cm³/mol. The minimum atomic E-state index is -3.75. The Labute approximate surface area is 135 Å². The van der Waals surface area contributed by atoms with E-state index in [9.17, 15) is 13.2 Å². The molecular formula is C15H19N3O4S. The molecule has 1 aromatic heterocycles. The summed E-state index contributed by atoms with van der Waals surface area (Å²) in [4.78, 5) is 17.9. The molecule has 124 valence electrons. The summed E-state index contributed by atoms with van der Waals surface area (Å²) in [5, 5.41) is 2.36. The Morgan fingerprint density at radius 3 is 2.48 bits per heavy atom. The Hall–Kier alpha value is -2.22. The van der Waals surface area contributed by atoms with Crippen LogP contribution in [0.3, 0.4) is 0 Å². The fourth-order valence-corrected chi connectivity index (χ4v) is 3.29. The highest BCUT2D eigenvalue weighted by Crippen LogP contribution is 2.18. The van der Waals surface area contributed by atoms with Crippen LogP contribution < -0.4 is 4.90 Å². The molecule has 7 nitrogen and oxygen atoms in total. The van der Waals surface area contributed by atoms with E-state index in [1.54, 1.807) is 38.1 Å². The van der Waals surface area contributed by atoms with E-state index in [4.69, 9.17) is 4.52 Å². The largest absolute Gasteiger partial charge is 0.338 e. The average molecular weight is 337 g/mol. The molecule has 0 N–H and O–H groups in total. The summed E-state index contributed by atoms with van der Waals surface area (Å²) >= 11 is 0. The van der Waals surface area contributed by atoms with Crippen LogP contribution in [0.25, 0.3) is 0 Å². The van der Waals surface area contributed by atoms with E-state index >= 15 is 0 Å². The number of benzene rings is 1. The third-order valence-corrected chi connectivity index (χ3v) is 5.36. The standard InChI is InChI=1S/C15H19N3O4S/c1-4-18(13-8-6-5-7-9-13)15(19)11(2)23(20,21)10-14-16-12(3)17-22-14/h5-9,11H,4,10H2,1-3H3. The maximum atomic E-state index is 12.6. The zero-order valence-electron chi connectivity index (χ0n) is 13.3. The third kappa shape index (κ3) is 3.95. The van der Waals surface area contributed by atoms with Crippen LogP contribution in [0.15, 0.2) is 34.9 Å². The normalized spacial score (nSPS) is 12.8. The summed E-state index contributed by atoms with van der Waals surface area (Å²) in [6, 6.07) is 8.96. The number of para-hydroxylation sites is 1. The van der Waals surface area contributed by atoms with E-state index in [0.717, 1.165) is 0 Å². The van der Waals surface area contributed by atoms with E-state index in [1.165, 1.54) is 11.8 Å². The second kappa shape index (κ2) is 6.91. The smallest absolute Gasteiger partial charge is 0.245 e. The lowest BCUT2D eigenvalue weighted by Crippen LogP contribution is -2.42. The van der Waals surface area contributed by atoms with Gasteiger partial charge in [0, 0.05) is 12.2 Å². The number of sulfone groups is 1. The van der Waals surface area contributed by atoms with Crippen LogP contribution in [0.1, 0.15) is 25.6 Å². The van der Waals surface area contributed by atoms with Gasteiger partial charge in [-0.2, -0.15) is 4.98 Å². The average Bonchev–Trinajstić information content (AvgIpc) is 2.92. The number of hydrogen-bond acceptors (Lipinski definition) is 6. The first-order valence-electron chi connectivity index (χ1n) is 7.22. The van der Waals surface area contributed by atoms with Crippen LogP contribution in [0.5, 0.6) is 0 Å². The van der Waals surface area contributed by atoms with Crippen molar-refractivity contribution in [2.24, 2.45) is 0 Å². The van der Waals surface area contributed by atoms with Crippen LogP contribution in [-0.2, 0) is 20.4 Å². The molecule has 1 unspecified atom stereocenters. The molecule has 23 heavy (non-hydrogen) atoms.